The number of hydrogen-bond acceptors (Lipinski definition) is 3. The molecule has 0 radical (unpaired) electrons. The fourth-order valence-corrected chi connectivity index (χ4v) is 4.32. The number of halogens is 2. The molecule has 1 aliphatic rings. The molecule has 0 saturated heterocycles. The Morgan fingerprint density at radius 3 is 2.37 bits per heavy atom. The van der Waals surface area contributed by atoms with Crippen molar-refractivity contribution >= 4 is 43.5 Å². The van der Waals surface area contributed by atoms with Gasteiger partial charge in [0.05, 0.1) is 16.5 Å². The Morgan fingerprint density at radius 1 is 1.19 bits per heavy atom. The van der Waals surface area contributed by atoms with E-state index in [4.69, 9.17) is 11.6 Å². The Bertz CT molecular complexity index is 957. The second kappa shape index (κ2) is 7.91. The van der Waals surface area contributed by atoms with Crippen molar-refractivity contribution in [1.82, 2.24) is 9.62 Å². The third-order valence-electron chi connectivity index (χ3n) is 4.57. The molecule has 3 rings (SSSR count). The first-order valence-corrected chi connectivity index (χ1v) is 11.1. The van der Waals surface area contributed by atoms with Crippen molar-refractivity contribution in [2.45, 2.75) is 23.8 Å². The highest BCUT2D eigenvalue weighted by molar-refractivity contribution is 9.10. The summed E-state index contributed by atoms with van der Waals surface area (Å²) in [6.07, 6.45) is 2.09. The number of hydrogen-bond donors (Lipinski definition) is 1. The van der Waals surface area contributed by atoms with Gasteiger partial charge in [-0.3, -0.25) is 4.79 Å². The van der Waals surface area contributed by atoms with Gasteiger partial charge < -0.3 is 5.32 Å². The van der Waals surface area contributed by atoms with E-state index in [9.17, 15) is 13.2 Å². The number of carbonyl (C=O) groups excluding carboxylic acids is 1. The van der Waals surface area contributed by atoms with Crippen LogP contribution in [0.3, 0.4) is 0 Å². The molecule has 2 aromatic carbocycles. The molecule has 0 bridgehead atoms. The highest BCUT2D eigenvalue weighted by Crippen LogP contribution is 2.41. The zero-order valence-electron chi connectivity index (χ0n) is 14.9. The van der Waals surface area contributed by atoms with E-state index in [-0.39, 0.29) is 22.4 Å². The summed E-state index contributed by atoms with van der Waals surface area (Å²) in [6, 6.07) is 11.8. The monoisotopic (exact) mass is 470 g/mol. The number of benzene rings is 2. The van der Waals surface area contributed by atoms with Gasteiger partial charge in [0.25, 0.3) is 5.91 Å². The number of sulfonamides is 1. The number of nitrogens with one attached hydrogen (secondary N) is 1. The Kier molecular flexibility index (Phi) is 5.96. The first-order chi connectivity index (χ1) is 12.7. The van der Waals surface area contributed by atoms with Gasteiger partial charge in [-0.1, -0.05) is 23.7 Å². The van der Waals surface area contributed by atoms with E-state index in [1.54, 1.807) is 18.2 Å². The van der Waals surface area contributed by atoms with Crippen LogP contribution in [0.15, 0.2) is 51.8 Å². The molecule has 1 amide bonds. The van der Waals surface area contributed by atoms with Crippen molar-refractivity contribution in [3.63, 3.8) is 0 Å². The van der Waals surface area contributed by atoms with Crippen LogP contribution in [0.25, 0.3) is 0 Å². The zero-order chi connectivity index (χ0) is 19.8. The molecule has 1 fully saturated rings. The van der Waals surface area contributed by atoms with E-state index >= 15 is 0 Å². The van der Waals surface area contributed by atoms with E-state index in [2.05, 4.69) is 21.2 Å². The topological polar surface area (TPSA) is 66.5 Å². The van der Waals surface area contributed by atoms with Crippen LogP contribution in [-0.2, 0) is 10.0 Å². The fraction of sp³-hybridized carbons (Fsp3) is 0.316. The van der Waals surface area contributed by atoms with Crippen molar-refractivity contribution in [1.29, 1.82) is 0 Å². The summed E-state index contributed by atoms with van der Waals surface area (Å²) in [5.74, 6) is 0.0622. The molecule has 0 spiro atoms. The maximum Gasteiger partial charge on any atom is 0.252 e. The Morgan fingerprint density at radius 2 is 1.81 bits per heavy atom. The summed E-state index contributed by atoms with van der Waals surface area (Å²) in [6.45, 7) is 0. The minimum atomic E-state index is -3.62. The van der Waals surface area contributed by atoms with Crippen LogP contribution in [0.1, 0.15) is 34.8 Å². The molecule has 1 aliphatic carbocycles. The standard InChI is InChI=1S/C19H20BrClN2O3S/c1-23(2)27(25,26)15-9-10-17(20)16(11-15)19(24)22-18(12-3-4-12)13-5-7-14(21)8-6-13/h5-12,18H,3-4H2,1-2H3,(H,22,24)/t18-/m1/s1. The first-order valence-electron chi connectivity index (χ1n) is 8.48. The normalized spacial score (nSPS) is 15.6. The van der Waals surface area contributed by atoms with Crippen LogP contribution in [0.4, 0.5) is 0 Å². The zero-order valence-corrected chi connectivity index (χ0v) is 18.1. The summed E-state index contributed by atoms with van der Waals surface area (Å²) in [4.78, 5) is 13.0. The Hall–Kier alpha value is -1.41. The molecular formula is C19H20BrClN2O3S. The van der Waals surface area contributed by atoms with Gasteiger partial charge in [0.2, 0.25) is 10.0 Å². The summed E-state index contributed by atoms with van der Waals surface area (Å²) in [7, 11) is -0.703. The maximum absolute atomic E-state index is 12.9. The minimum absolute atomic E-state index is 0.0790. The Labute approximate surface area is 172 Å². The van der Waals surface area contributed by atoms with Gasteiger partial charge in [0, 0.05) is 23.6 Å². The van der Waals surface area contributed by atoms with Gasteiger partial charge in [0.15, 0.2) is 0 Å². The lowest BCUT2D eigenvalue weighted by Crippen LogP contribution is -2.30. The fourth-order valence-electron chi connectivity index (χ4n) is 2.84. The predicted molar refractivity (Wildman–Crippen MR) is 109 cm³/mol. The molecule has 27 heavy (non-hydrogen) atoms. The second-order valence-electron chi connectivity index (χ2n) is 6.77. The molecule has 0 aromatic heterocycles. The van der Waals surface area contributed by atoms with Crippen molar-refractivity contribution in [3.8, 4) is 0 Å². The average Bonchev–Trinajstić information content (AvgIpc) is 3.45. The van der Waals surface area contributed by atoms with E-state index in [0.29, 0.717) is 15.4 Å². The maximum atomic E-state index is 12.9. The van der Waals surface area contributed by atoms with Crippen LogP contribution in [0.5, 0.6) is 0 Å². The Balaban J connectivity index is 1.89. The lowest BCUT2D eigenvalue weighted by atomic mass is 10.0. The van der Waals surface area contributed by atoms with Gasteiger partial charge in [-0.2, -0.15) is 0 Å². The average molecular weight is 472 g/mol. The quantitative estimate of drug-likeness (QED) is 0.685. The van der Waals surface area contributed by atoms with Gasteiger partial charge >= 0.3 is 0 Å². The molecule has 1 atom stereocenters. The van der Waals surface area contributed by atoms with E-state index in [0.717, 1.165) is 22.7 Å². The summed E-state index contributed by atoms with van der Waals surface area (Å²) in [5, 5.41) is 3.70. The number of amides is 1. The number of rotatable bonds is 6. The van der Waals surface area contributed by atoms with Crippen molar-refractivity contribution in [2.75, 3.05) is 14.1 Å². The van der Waals surface area contributed by atoms with Gasteiger partial charge in [-0.15, -0.1) is 0 Å². The smallest absolute Gasteiger partial charge is 0.252 e. The molecule has 1 N–H and O–H groups in total. The molecule has 8 heteroatoms. The van der Waals surface area contributed by atoms with E-state index < -0.39 is 10.0 Å². The largest absolute Gasteiger partial charge is 0.345 e. The first kappa shape index (κ1) is 20.3. The molecule has 144 valence electrons. The summed E-state index contributed by atoms with van der Waals surface area (Å²) >= 11 is 9.32. The number of nitrogens with zero attached hydrogens (tertiary/aromatic N) is 1. The molecular weight excluding hydrogens is 452 g/mol. The summed E-state index contributed by atoms with van der Waals surface area (Å²) < 4.78 is 26.4. The lowest BCUT2D eigenvalue weighted by Gasteiger charge is -2.20. The van der Waals surface area contributed by atoms with Crippen LogP contribution in [0.2, 0.25) is 5.02 Å². The highest BCUT2D eigenvalue weighted by Gasteiger charge is 2.34. The van der Waals surface area contributed by atoms with Crippen molar-refractivity contribution in [3.05, 3.63) is 63.1 Å². The molecule has 0 unspecified atom stereocenters. The molecule has 2 aromatic rings. The van der Waals surface area contributed by atoms with Crippen molar-refractivity contribution < 1.29 is 13.2 Å². The van der Waals surface area contributed by atoms with Gasteiger partial charge in [-0.25, -0.2) is 12.7 Å². The SMILES string of the molecule is CN(C)S(=O)(=O)c1ccc(Br)c(C(=O)N[C@@H](c2ccc(Cl)cc2)C2CC2)c1. The van der Waals surface area contributed by atoms with Crippen LogP contribution >= 0.6 is 27.5 Å². The third kappa shape index (κ3) is 4.54. The van der Waals surface area contributed by atoms with Gasteiger partial charge in [-0.05, 0) is 70.6 Å². The van der Waals surface area contributed by atoms with E-state index in [1.807, 2.05) is 12.1 Å². The van der Waals surface area contributed by atoms with Crippen LogP contribution < -0.4 is 5.32 Å². The third-order valence-corrected chi connectivity index (χ3v) is 7.32. The molecule has 1 saturated carbocycles. The molecule has 0 heterocycles. The van der Waals surface area contributed by atoms with E-state index in [1.165, 1.54) is 26.2 Å². The number of carbonyl (C=O) groups is 1. The van der Waals surface area contributed by atoms with Gasteiger partial charge in [0.1, 0.15) is 0 Å². The lowest BCUT2D eigenvalue weighted by molar-refractivity contribution is 0.0930. The van der Waals surface area contributed by atoms with Crippen LogP contribution in [-0.4, -0.2) is 32.7 Å². The van der Waals surface area contributed by atoms with Crippen LogP contribution in [0, 0.1) is 5.92 Å². The second-order valence-corrected chi connectivity index (χ2v) is 10.2. The molecule has 5 nitrogen and oxygen atoms in total. The highest BCUT2D eigenvalue weighted by atomic mass is 79.9. The predicted octanol–water partition coefficient (Wildman–Crippen LogP) is 4.23. The molecule has 0 aliphatic heterocycles. The minimum Gasteiger partial charge on any atom is -0.345 e. The van der Waals surface area contributed by atoms with Crippen molar-refractivity contribution in [2.24, 2.45) is 5.92 Å². The summed E-state index contributed by atoms with van der Waals surface area (Å²) in [5.41, 5.74) is 1.28.